The number of hydrogen-bond donors (Lipinski definition) is 1. The lowest BCUT2D eigenvalue weighted by atomic mass is 9.86. The van der Waals surface area contributed by atoms with E-state index in [0.717, 1.165) is 24.9 Å². The fourth-order valence-corrected chi connectivity index (χ4v) is 3.64. The van der Waals surface area contributed by atoms with Crippen LogP contribution in [0.2, 0.25) is 0 Å². The molecule has 2 heteroatoms. The quantitative estimate of drug-likeness (QED) is 0.915. The predicted molar refractivity (Wildman–Crippen MR) is 85.0 cm³/mol. The highest BCUT2D eigenvalue weighted by molar-refractivity contribution is 5.32. The van der Waals surface area contributed by atoms with E-state index in [9.17, 15) is 0 Å². The van der Waals surface area contributed by atoms with E-state index >= 15 is 0 Å². The number of likely N-dealkylation sites (tertiary alicyclic amines) is 1. The van der Waals surface area contributed by atoms with Crippen molar-refractivity contribution in [2.24, 2.45) is 11.7 Å². The largest absolute Gasteiger partial charge is 0.327 e. The number of piperidine rings is 1. The predicted octanol–water partition coefficient (Wildman–Crippen LogP) is 3.22. The first-order valence-electron chi connectivity index (χ1n) is 8.11. The summed E-state index contributed by atoms with van der Waals surface area (Å²) in [5.41, 5.74) is 10.6. The maximum absolute atomic E-state index is 6.34. The summed E-state index contributed by atoms with van der Waals surface area (Å²) < 4.78 is 0. The lowest BCUT2D eigenvalue weighted by molar-refractivity contribution is 0.130. The molecule has 1 saturated heterocycles. The number of nitrogens with zero attached hydrogens (tertiary/aromatic N) is 1. The SMILES string of the molecule is Cc1ccc(C2CC(N)CN(C(C)C3CC3)C2)cc1C. The monoisotopic (exact) mass is 272 g/mol. The summed E-state index contributed by atoms with van der Waals surface area (Å²) in [6.45, 7) is 9.07. The van der Waals surface area contributed by atoms with Gasteiger partial charge in [0.15, 0.2) is 0 Å². The Morgan fingerprint density at radius 3 is 2.55 bits per heavy atom. The summed E-state index contributed by atoms with van der Waals surface area (Å²) in [7, 11) is 0. The van der Waals surface area contributed by atoms with E-state index in [0.29, 0.717) is 12.0 Å². The fourth-order valence-electron chi connectivity index (χ4n) is 3.64. The molecular weight excluding hydrogens is 244 g/mol. The molecule has 2 fully saturated rings. The van der Waals surface area contributed by atoms with Crippen molar-refractivity contribution in [1.29, 1.82) is 0 Å². The third kappa shape index (κ3) is 2.91. The molecule has 0 bridgehead atoms. The Morgan fingerprint density at radius 2 is 1.90 bits per heavy atom. The van der Waals surface area contributed by atoms with E-state index < -0.39 is 0 Å². The van der Waals surface area contributed by atoms with Crippen LogP contribution in [0.25, 0.3) is 0 Å². The van der Waals surface area contributed by atoms with E-state index in [1.165, 1.54) is 36.1 Å². The zero-order chi connectivity index (χ0) is 14.3. The first-order valence-corrected chi connectivity index (χ1v) is 8.11. The first kappa shape index (κ1) is 14.1. The van der Waals surface area contributed by atoms with Gasteiger partial charge in [-0.05, 0) is 68.6 Å². The Labute approximate surface area is 123 Å². The minimum atomic E-state index is 0.330. The van der Waals surface area contributed by atoms with Crippen LogP contribution >= 0.6 is 0 Å². The molecule has 0 radical (unpaired) electrons. The second kappa shape index (κ2) is 5.50. The van der Waals surface area contributed by atoms with E-state index in [1.54, 1.807) is 0 Å². The molecule has 0 aromatic heterocycles. The Balaban J connectivity index is 1.76. The lowest BCUT2D eigenvalue weighted by Crippen LogP contribution is -2.50. The minimum Gasteiger partial charge on any atom is -0.327 e. The van der Waals surface area contributed by atoms with Crippen LogP contribution in [-0.4, -0.2) is 30.1 Å². The average molecular weight is 272 g/mol. The zero-order valence-electron chi connectivity index (χ0n) is 13.1. The van der Waals surface area contributed by atoms with Crippen LogP contribution in [0.4, 0.5) is 0 Å². The summed E-state index contributed by atoms with van der Waals surface area (Å²) in [6, 6.07) is 8.00. The Hall–Kier alpha value is -0.860. The molecule has 20 heavy (non-hydrogen) atoms. The number of aryl methyl sites for hydroxylation is 2. The molecule has 1 aliphatic carbocycles. The maximum atomic E-state index is 6.34. The molecule has 1 aliphatic heterocycles. The van der Waals surface area contributed by atoms with Crippen molar-refractivity contribution in [2.75, 3.05) is 13.1 Å². The van der Waals surface area contributed by atoms with Gasteiger partial charge in [0.2, 0.25) is 0 Å². The molecule has 0 amide bonds. The number of nitrogens with two attached hydrogens (primary N) is 1. The summed E-state index contributed by atoms with van der Waals surface area (Å²) in [4.78, 5) is 2.64. The van der Waals surface area contributed by atoms with E-state index in [4.69, 9.17) is 5.73 Å². The summed E-state index contributed by atoms with van der Waals surface area (Å²) >= 11 is 0. The normalized spacial score (nSPS) is 29.4. The zero-order valence-corrected chi connectivity index (χ0v) is 13.1. The van der Waals surface area contributed by atoms with Crippen molar-refractivity contribution in [3.05, 3.63) is 34.9 Å². The summed E-state index contributed by atoms with van der Waals surface area (Å²) in [5.74, 6) is 1.54. The molecule has 3 rings (SSSR count). The van der Waals surface area contributed by atoms with Crippen LogP contribution in [0.5, 0.6) is 0 Å². The van der Waals surface area contributed by atoms with Gasteiger partial charge in [-0.2, -0.15) is 0 Å². The van der Waals surface area contributed by atoms with Crippen molar-refractivity contribution >= 4 is 0 Å². The van der Waals surface area contributed by atoms with Gasteiger partial charge in [0.05, 0.1) is 0 Å². The molecule has 1 heterocycles. The number of benzene rings is 1. The molecular formula is C18H28N2. The summed E-state index contributed by atoms with van der Waals surface area (Å²) in [6.07, 6.45) is 3.97. The lowest BCUT2D eigenvalue weighted by Gasteiger charge is -2.40. The van der Waals surface area contributed by atoms with Crippen LogP contribution in [0.1, 0.15) is 48.8 Å². The van der Waals surface area contributed by atoms with Gasteiger partial charge < -0.3 is 5.73 Å². The van der Waals surface area contributed by atoms with Crippen LogP contribution in [0.3, 0.4) is 0 Å². The maximum Gasteiger partial charge on any atom is 0.0174 e. The van der Waals surface area contributed by atoms with Gasteiger partial charge in [0, 0.05) is 25.2 Å². The van der Waals surface area contributed by atoms with E-state index in [1.807, 2.05) is 0 Å². The Bertz CT molecular complexity index is 478. The van der Waals surface area contributed by atoms with Crippen molar-refractivity contribution in [3.63, 3.8) is 0 Å². The minimum absolute atomic E-state index is 0.330. The van der Waals surface area contributed by atoms with Gasteiger partial charge in [-0.3, -0.25) is 4.90 Å². The molecule has 0 spiro atoms. The van der Waals surface area contributed by atoms with Crippen LogP contribution in [0.15, 0.2) is 18.2 Å². The summed E-state index contributed by atoms with van der Waals surface area (Å²) in [5, 5.41) is 0. The van der Waals surface area contributed by atoms with Gasteiger partial charge in [-0.15, -0.1) is 0 Å². The standard InChI is InChI=1S/C18H28N2/c1-12-4-5-16(8-13(12)2)17-9-18(19)11-20(10-17)14(3)15-6-7-15/h4-5,8,14-15,17-18H,6-7,9-11,19H2,1-3H3. The van der Waals surface area contributed by atoms with Gasteiger partial charge in [0.25, 0.3) is 0 Å². The van der Waals surface area contributed by atoms with Crippen LogP contribution < -0.4 is 5.73 Å². The smallest absolute Gasteiger partial charge is 0.0174 e. The third-order valence-electron chi connectivity index (χ3n) is 5.39. The van der Waals surface area contributed by atoms with Gasteiger partial charge in [0.1, 0.15) is 0 Å². The average Bonchev–Trinajstić information content (AvgIpc) is 3.25. The second-order valence-electron chi connectivity index (χ2n) is 7.07. The number of hydrogen-bond acceptors (Lipinski definition) is 2. The van der Waals surface area contributed by atoms with Crippen molar-refractivity contribution in [3.8, 4) is 0 Å². The third-order valence-corrected chi connectivity index (χ3v) is 5.39. The molecule has 1 aromatic carbocycles. The highest BCUT2D eigenvalue weighted by Crippen LogP contribution is 2.38. The fraction of sp³-hybridized carbons (Fsp3) is 0.667. The highest BCUT2D eigenvalue weighted by atomic mass is 15.2. The molecule has 3 unspecified atom stereocenters. The van der Waals surface area contributed by atoms with Gasteiger partial charge in [-0.25, -0.2) is 0 Å². The highest BCUT2D eigenvalue weighted by Gasteiger charge is 2.36. The van der Waals surface area contributed by atoms with Crippen molar-refractivity contribution in [2.45, 2.75) is 58.0 Å². The topological polar surface area (TPSA) is 29.3 Å². The van der Waals surface area contributed by atoms with E-state index in [-0.39, 0.29) is 0 Å². The molecule has 110 valence electrons. The Kier molecular flexibility index (Phi) is 3.87. The van der Waals surface area contributed by atoms with Crippen LogP contribution in [0, 0.1) is 19.8 Å². The van der Waals surface area contributed by atoms with Gasteiger partial charge in [-0.1, -0.05) is 18.2 Å². The van der Waals surface area contributed by atoms with Crippen LogP contribution in [-0.2, 0) is 0 Å². The van der Waals surface area contributed by atoms with E-state index in [2.05, 4.69) is 43.9 Å². The number of rotatable bonds is 3. The molecule has 1 saturated carbocycles. The Morgan fingerprint density at radius 1 is 1.15 bits per heavy atom. The molecule has 2 nitrogen and oxygen atoms in total. The molecule has 2 N–H and O–H groups in total. The first-order chi connectivity index (χ1) is 9.54. The molecule has 1 aromatic rings. The van der Waals surface area contributed by atoms with Crippen molar-refractivity contribution in [1.82, 2.24) is 4.90 Å². The van der Waals surface area contributed by atoms with Gasteiger partial charge >= 0.3 is 0 Å². The van der Waals surface area contributed by atoms with Crippen molar-refractivity contribution < 1.29 is 0 Å². The molecule has 3 atom stereocenters. The molecule has 2 aliphatic rings. The second-order valence-corrected chi connectivity index (χ2v) is 7.07.